The Balaban J connectivity index is 2.16. The van der Waals surface area contributed by atoms with E-state index in [1.165, 1.54) is 17.8 Å². The van der Waals surface area contributed by atoms with Crippen LogP contribution in [0.15, 0.2) is 10.5 Å². The zero-order valence-corrected chi connectivity index (χ0v) is 14.0. The standard InChI is InChI=1S/C15H23N3O3S/c1-8(2)10-5-4-9(3)6-12(10)21-18-13(14(19)20)11-7-22-15(16)17-11/h7-10,12H,4-6H2,1-3H3,(H2,16,17)(H,19,20)/b18-13+/t9-,10+,12+/m0/s1. The van der Waals surface area contributed by atoms with Gasteiger partial charge in [-0.25, -0.2) is 9.78 Å². The van der Waals surface area contributed by atoms with Gasteiger partial charge in [-0.3, -0.25) is 0 Å². The minimum absolute atomic E-state index is 0.0471. The Bertz CT molecular complexity index is 556. The minimum atomic E-state index is -1.16. The molecule has 2 rings (SSSR count). The number of anilines is 1. The number of nitrogens with two attached hydrogens (primary N) is 1. The molecule has 0 saturated heterocycles. The molecule has 1 fully saturated rings. The molecule has 0 spiro atoms. The van der Waals surface area contributed by atoms with Crippen LogP contribution in [0.4, 0.5) is 5.13 Å². The molecule has 1 saturated carbocycles. The van der Waals surface area contributed by atoms with E-state index in [1.54, 1.807) is 5.38 Å². The largest absolute Gasteiger partial charge is 0.476 e. The van der Waals surface area contributed by atoms with E-state index in [9.17, 15) is 9.90 Å². The highest BCUT2D eigenvalue weighted by Crippen LogP contribution is 2.35. The van der Waals surface area contributed by atoms with Crippen molar-refractivity contribution in [1.29, 1.82) is 0 Å². The number of hydrogen-bond acceptors (Lipinski definition) is 6. The summed E-state index contributed by atoms with van der Waals surface area (Å²) in [5, 5.41) is 15.1. The van der Waals surface area contributed by atoms with Crippen LogP contribution in [-0.4, -0.2) is 27.9 Å². The summed E-state index contributed by atoms with van der Waals surface area (Å²) >= 11 is 1.18. The van der Waals surface area contributed by atoms with Gasteiger partial charge in [-0.05, 0) is 24.7 Å². The Morgan fingerprint density at radius 2 is 2.27 bits per heavy atom. The Hall–Kier alpha value is -1.63. The number of oxime groups is 1. The number of carbonyl (C=O) groups is 1. The second kappa shape index (κ2) is 7.09. The third-order valence-electron chi connectivity index (χ3n) is 4.21. The summed E-state index contributed by atoms with van der Waals surface area (Å²) in [7, 11) is 0. The predicted molar refractivity (Wildman–Crippen MR) is 86.9 cm³/mol. The van der Waals surface area contributed by atoms with Gasteiger partial charge < -0.3 is 15.7 Å². The van der Waals surface area contributed by atoms with Crippen LogP contribution in [0.5, 0.6) is 0 Å². The molecule has 1 aromatic heterocycles. The Morgan fingerprint density at radius 1 is 1.55 bits per heavy atom. The minimum Gasteiger partial charge on any atom is -0.476 e. The first-order chi connectivity index (χ1) is 10.4. The smallest absolute Gasteiger partial charge is 0.360 e. The van der Waals surface area contributed by atoms with E-state index in [0.29, 0.717) is 22.9 Å². The van der Waals surface area contributed by atoms with Gasteiger partial charge in [0.05, 0.1) is 0 Å². The topological polar surface area (TPSA) is 97.8 Å². The number of carboxylic acid groups (broad SMARTS) is 1. The van der Waals surface area contributed by atoms with Gasteiger partial charge in [-0.2, -0.15) is 0 Å². The number of hydrogen-bond donors (Lipinski definition) is 2. The molecule has 0 unspecified atom stereocenters. The maximum atomic E-state index is 11.4. The molecule has 1 heterocycles. The third-order valence-corrected chi connectivity index (χ3v) is 4.88. The molecular weight excluding hydrogens is 302 g/mol. The fourth-order valence-corrected chi connectivity index (χ4v) is 3.50. The first-order valence-corrected chi connectivity index (χ1v) is 8.45. The van der Waals surface area contributed by atoms with E-state index in [4.69, 9.17) is 10.6 Å². The monoisotopic (exact) mass is 325 g/mol. The molecule has 22 heavy (non-hydrogen) atoms. The van der Waals surface area contributed by atoms with E-state index < -0.39 is 5.97 Å². The van der Waals surface area contributed by atoms with Crippen molar-refractivity contribution < 1.29 is 14.7 Å². The number of aliphatic carboxylic acids is 1. The lowest BCUT2D eigenvalue weighted by Gasteiger charge is -2.35. The van der Waals surface area contributed by atoms with Crippen LogP contribution in [0.2, 0.25) is 0 Å². The van der Waals surface area contributed by atoms with Crippen molar-refractivity contribution in [3.63, 3.8) is 0 Å². The van der Waals surface area contributed by atoms with E-state index >= 15 is 0 Å². The number of nitrogen functional groups attached to an aromatic ring is 1. The third kappa shape index (κ3) is 3.97. The maximum absolute atomic E-state index is 11.4. The van der Waals surface area contributed by atoms with Crippen molar-refractivity contribution in [2.45, 2.75) is 46.1 Å². The summed E-state index contributed by atoms with van der Waals surface area (Å²) in [6.45, 7) is 6.52. The number of rotatable bonds is 5. The second-order valence-electron chi connectivity index (χ2n) is 6.29. The summed E-state index contributed by atoms with van der Waals surface area (Å²) in [5.74, 6) is 0.292. The highest BCUT2D eigenvalue weighted by molar-refractivity contribution is 7.13. The first kappa shape index (κ1) is 16.7. The second-order valence-corrected chi connectivity index (χ2v) is 7.18. The zero-order chi connectivity index (χ0) is 16.3. The number of nitrogens with zero attached hydrogens (tertiary/aromatic N) is 2. The predicted octanol–water partition coefficient (Wildman–Crippen LogP) is 2.99. The Kier molecular flexibility index (Phi) is 5.39. The van der Waals surface area contributed by atoms with Crippen molar-refractivity contribution in [3.8, 4) is 0 Å². The molecule has 7 heteroatoms. The van der Waals surface area contributed by atoms with E-state index in [-0.39, 0.29) is 17.5 Å². The van der Waals surface area contributed by atoms with Gasteiger partial charge in [-0.1, -0.05) is 32.3 Å². The summed E-state index contributed by atoms with van der Waals surface area (Å²) in [6.07, 6.45) is 3.12. The average Bonchev–Trinajstić information content (AvgIpc) is 2.84. The maximum Gasteiger partial charge on any atom is 0.360 e. The van der Waals surface area contributed by atoms with Gasteiger partial charge in [-0.15, -0.1) is 11.3 Å². The van der Waals surface area contributed by atoms with E-state index in [0.717, 1.165) is 12.8 Å². The van der Waals surface area contributed by atoms with Gasteiger partial charge in [0, 0.05) is 11.3 Å². The van der Waals surface area contributed by atoms with Crippen LogP contribution in [0, 0.1) is 17.8 Å². The van der Waals surface area contributed by atoms with Gasteiger partial charge in [0.15, 0.2) is 5.13 Å². The SMILES string of the molecule is CC(C)[C@H]1CC[C@H](C)C[C@H]1O/N=C(/C(=O)O)c1csc(N)n1. The Labute approximate surface area is 134 Å². The molecule has 1 aliphatic rings. The molecule has 0 bridgehead atoms. The highest BCUT2D eigenvalue weighted by Gasteiger charge is 2.33. The van der Waals surface area contributed by atoms with E-state index in [2.05, 4.69) is 30.9 Å². The zero-order valence-electron chi connectivity index (χ0n) is 13.2. The van der Waals surface area contributed by atoms with Crippen LogP contribution < -0.4 is 5.73 Å². The van der Waals surface area contributed by atoms with Crippen LogP contribution in [0.3, 0.4) is 0 Å². The lowest BCUT2D eigenvalue weighted by Crippen LogP contribution is -2.33. The molecule has 0 amide bonds. The summed E-state index contributed by atoms with van der Waals surface area (Å²) in [5.41, 5.74) is 5.62. The van der Waals surface area contributed by atoms with Gasteiger partial charge >= 0.3 is 5.97 Å². The number of thiazole rings is 1. The van der Waals surface area contributed by atoms with Gasteiger partial charge in [0.1, 0.15) is 11.8 Å². The molecule has 3 N–H and O–H groups in total. The van der Waals surface area contributed by atoms with Crippen molar-refractivity contribution in [2.24, 2.45) is 22.9 Å². The van der Waals surface area contributed by atoms with Crippen LogP contribution in [-0.2, 0) is 9.63 Å². The summed E-state index contributed by atoms with van der Waals surface area (Å²) in [6, 6.07) is 0. The van der Waals surface area contributed by atoms with Gasteiger partial charge in [0.25, 0.3) is 0 Å². The van der Waals surface area contributed by atoms with Crippen LogP contribution in [0.1, 0.15) is 45.7 Å². The molecule has 0 radical (unpaired) electrons. The lowest BCUT2D eigenvalue weighted by atomic mass is 9.75. The van der Waals surface area contributed by atoms with Crippen molar-refractivity contribution in [3.05, 3.63) is 11.1 Å². The summed E-state index contributed by atoms with van der Waals surface area (Å²) < 4.78 is 0. The number of aromatic nitrogens is 1. The fourth-order valence-electron chi connectivity index (χ4n) is 2.95. The summed E-state index contributed by atoms with van der Waals surface area (Å²) in [4.78, 5) is 21.0. The molecule has 6 nitrogen and oxygen atoms in total. The molecule has 0 aliphatic heterocycles. The van der Waals surface area contributed by atoms with Crippen LogP contribution >= 0.6 is 11.3 Å². The van der Waals surface area contributed by atoms with Crippen molar-refractivity contribution in [2.75, 3.05) is 5.73 Å². The first-order valence-electron chi connectivity index (χ1n) is 7.57. The quantitative estimate of drug-likeness (QED) is 0.640. The van der Waals surface area contributed by atoms with Crippen molar-refractivity contribution >= 4 is 28.1 Å². The fraction of sp³-hybridized carbons (Fsp3) is 0.667. The van der Waals surface area contributed by atoms with Crippen molar-refractivity contribution in [1.82, 2.24) is 4.98 Å². The van der Waals surface area contributed by atoms with E-state index in [1.807, 2.05) is 0 Å². The average molecular weight is 325 g/mol. The van der Waals surface area contributed by atoms with Gasteiger partial charge in [0.2, 0.25) is 5.71 Å². The molecule has 3 atom stereocenters. The molecule has 1 aromatic rings. The lowest BCUT2D eigenvalue weighted by molar-refractivity contribution is -0.129. The normalized spacial score (nSPS) is 26.2. The molecular formula is C15H23N3O3S. The highest BCUT2D eigenvalue weighted by atomic mass is 32.1. The molecule has 0 aromatic carbocycles. The number of carboxylic acids is 1. The molecule has 122 valence electrons. The van der Waals surface area contributed by atoms with Crippen LogP contribution in [0.25, 0.3) is 0 Å². The molecule has 1 aliphatic carbocycles. The Morgan fingerprint density at radius 3 is 2.82 bits per heavy atom.